The zero-order chi connectivity index (χ0) is 12.0. The van der Waals surface area contributed by atoms with E-state index in [-0.39, 0.29) is 0 Å². The van der Waals surface area contributed by atoms with E-state index < -0.39 is 11.9 Å². The predicted octanol–water partition coefficient (Wildman–Crippen LogP) is 3.37. The molecule has 0 aliphatic carbocycles. The molecule has 1 rings (SSSR count). The summed E-state index contributed by atoms with van der Waals surface area (Å²) in [6.07, 6.45) is 4.29. The summed E-state index contributed by atoms with van der Waals surface area (Å²) in [5, 5.41) is 8.95. The van der Waals surface area contributed by atoms with Crippen molar-refractivity contribution in [3.05, 3.63) is 54.1 Å². The molecule has 0 aromatic heterocycles. The lowest BCUT2D eigenvalue weighted by atomic mass is 9.98. The number of carboxylic acid groups (broad SMARTS) is 1. The van der Waals surface area contributed by atoms with Gasteiger partial charge in [-0.2, -0.15) is 0 Å². The maximum Gasteiger partial charge on any atom is 0.310 e. The fourth-order valence-electron chi connectivity index (χ4n) is 1.42. The second-order valence-electron chi connectivity index (χ2n) is 3.79. The van der Waals surface area contributed by atoms with Crippen LogP contribution in [0, 0.1) is 5.92 Å². The fourth-order valence-corrected chi connectivity index (χ4v) is 1.42. The minimum atomic E-state index is -0.815. The van der Waals surface area contributed by atoms with E-state index in [0.717, 1.165) is 5.56 Å². The largest absolute Gasteiger partial charge is 0.481 e. The van der Waals surface area contributed by atoms with E-state index in [4.69, 9.17) is 5.11 Å². The number of rotatable bonds is 5. The lowest BCUT2D eigenvalue weighted by Crippen LogP contribution is -2.13. The van der Waals surface area contributed by atoms with Crippen LogP contribution in [0.5, 0.6) is 0 Å². The Bertz CT molecular complexity index is 376. The van der Waals surface area contributed by atoms with Gasteiger partial charge >= 0.3 is 5.97 Å². The van der Waals surface area contributed by atoms with Gasteiger partial charge in [0.25, 0.3) is 0 Å². The summed E-state index contributed by atoms with van der Waals surface area (Å²) >= 11 is 0. The molecule has 0 saturated carbocycles. The van der Waals surface area contributed by atoms with Gasteiger partial charge < -0.3 is 5.11 Å². The summed E-state index contributed by atoms with van der Waals surface area (Å²) < 4.78 is 0. The van der Waals surface area contributed by atoms with Gasteiger partial charge in [0.15, 0.2) is 0 Å². The summed E-state index contributed by atoms with van der Waals surface area (Å²) in [6.45, 7) is 5.43. The number of allylic oxidation sites excluding steroid dienone is 1. The number of carbonyl (C=O) groups is 1. The van der Waals surface area contributed by atoms with Crippen molar-refractivity contribution in [3.63, 3.8) is 0 Å². The molecule has 84 valence electrons. The lowest BCUT2D eigenvalue weighted by molar-refractivity contribution is -0.140. The molecule has 0 aliphatic rings. The summed E-state index contributed by atoms with van der Waals surface area (Å²) in [4.78, 5) is 10.9. The molecule has 1 unspecified atom stereocenters. The Labute approximate surface area is 95.9 Å². The first-order chi connectivity index (χ1) is 7.61. The molecule has 0 heterocycles. The molecule has 0 amide bonds. The van der Waals surface area contributed by atoms with Gasteiger partial charge in [0.2, 0.25) is 0 Å². The first-order valence-electron chi connectivity index (χ1n) is 5.21. The van der Waals surface area contributed by atoms with Gasteiger partial charge in [-0.1, -0.05) is 54.6 Å². The van der Waals surface area contributed by atoms with Gasteiger partial charge in [-0.15, -0.1) is 0 Å². The van der Waals surface area contributed by atoms with Crippen LogP contribution >= 0.6 is 0 Å². The summed E-state index contributed by atoms with van der Waals surface area (Å²) in [5.74, 6) is -1.30. The van der Waals surface area contributed by atoms with Crippen molar-refractivity contribution in [2.75, 3.05) is 0 Å². The number of aliphatic carboxylic acids is 1. The van der Waals surface area contributed by atoms with Crippen molar-refractivity contribution in [1.29, 1.82) is 0 Å². The highest BCUT2D eigenvalue weighted by atomic mass is 16.4. The molecule has 0 spiro atoms. The standard InChI is InChI=1S/C14H16O2/c1-11(2)13(14(15)16)10-6-9-12-7-4-3-5-8-12/h3-9,13H,1,10H2,2H3,(H,15,16)/b9-6+. The molecular weight excluding hydrogens is 200 g/mol. The molecule has 0 bridgehead atoms. The molecule has 0 fully saturated rings. The Morgan fingerprint density at radius 2 is 2.06 bits per heavy atom. The second-order valence-corrected chi connectivity index (χ2v) is 3.79. The highest BCUT2D eigenvalue weighted by Gasteiger charge is 2.15. The van der Waals surface area contributed by atoms with E-state index in [1.165, 1.54) is 0 Å². The minimum absolute atomic E-state index is 0.486. The maximum atomic E-state index is 10.9. The lowest BCUT2D eigenvalue weighted by Gasteiger charge is -2.08. The molecule has 1 N–H and O–H groups in total. The van der Waals surface area contributed by atoms with Crippen LogP contribution in [0.4, 0.5) is 0 Å². The SMILES string of the molecule is C=C(C)C(C/C=C/c1ccccc1)C(=O)O. The maximum absolute atomic E-state index is 10.9. The Balaban J connectivity index is 2.59. The van der Waals surface area contributed by atoms with Crippen LogP contribution in [-0.2, 0) is 4.79 Å². The normalized spacial score (nSPS) is 12.6. The van der Waals surface area contributed by atoms with Gasteiger partial charge in [0.1, 0.15) is 0 Å². The van der Waals surface area contributed by atoms with Crippen molar-refractivity contribution >= 4 is 12.0 Å². The third-order valence-electron chi connectivity index (χ3n) is 2.37. The first kappa shape index (κ1) is 12.2. The molecule has 0 aliphatic heterocycles. The molecule has 2 heteroatoms. The van der Waals surface area contributed by atoms with Crippen LogP contribution in [0.1, 0.15) is 18.9 Å². The fraction of sp³-hybridized carbons (Fsp3) is 0.214. The Morgan fingerprint density at radius 1 is 1.44 bits per heavy atom. The topological polar surface area (TPSA) is 37.3 Å². The van der Waals surface area contributed by atoms with Crippen molar-refractivity contribution in [2.24, 2.45) is 5.92 Å². The van der Waals surface area contributed by atoms with E-state index in [0.29, 0.717) is 12.0 Å². The molecule has 0 radical (unpaired) electrons. The predicted molar refractivity (Wildman–Crippen MR) is 66.0 cm³/mol. The van der Waals surface area contributed by atoms with Crippen LogP contribution < -0.4 is 0 Å². The molecule has 1 aromatic rings. The van der Waals surface area contributed by atoms with E-state index in [2.05, 4.69) is 6.58 Å². The Morgan fingerprint density at radius 3 is 2.56 bits per heavy atom. The summed E-state index contributed by atoms with van der Waals surface area (Å²) in [6, 6.07) is 9.81. The molecule has 1 aromatic carbocycles. The monoisotopic (exact) mass is 216 g/mol. The zero-order valence-electron chi connectivity index (χ0n) is 9.39. The quantitative estimate of drug-likeness (QED) is 0.766. The second kappa shape index (κ2) is 5.91. The minimum Gasteiger partial charge on any atom is -0.481 e. The highest BCUT2D eigenvalue weighted by Crippen LogP contribution is 2.15. The molecule has 0 saturated heterocycles. The number of carboxylic acids is 1. The van der Waals surface area contributed by atoms with Crippen LogP contribution in [0.15, 0.2) is 48.6 Å². The van der Waals surface area contributed by atoms with E-state index >= 15 is 0 Å². The third-order valence-corrected chi connectivity index (χ3v) is 2.37. The van der Waals surface area contributed by atoms with Gasteiger partial charge in [0.05, 0.1) is 5.92 Å². The molecule has 1 atom stereocenters. The number of hydrogen-bond donors (Lipinski definition) is 1. The summed E-state index contributed by atoms with van der Waals surface area (Å²) in [7, 11) is 0. The number of benzene rings is 1. The van der Waals surface area contributed by atoms with Crippen molar-refractivity contribution in [3.8, 4) is 0 Å². The smallest absolute Gasteiger partial charge is 0.310 e. The van der Waals surface area contributed by atoms with Crippen molar-refractivity contribution in [2.45, 2.75) is 13.3 Å². The molecule has 2 nitrogen and oxygen atoms in total. The summed E-state index contributed by atoms with van der Waals surface area (Å²) in [5.41, 5.74) is 1.76. The average molecular weight is 216 g/mol. The van der Waals surface area contributed by atoms with Gasteiger partial charge in [0, 0.05) is 0 Å². The van der Waals surface area contributed by atoms with E-state index in [9.17, 15) is 4.79 Å². The van der Waals surface area contributed by atoms with Crippen molar-refractivity contribution in [1.82, 2.24) is 0 Å². The third kappa shape index (κ3) is 3.73. The van der Waals surface area contributed by atoms with Crippen LogP contribution in [0.25, 0.3) is 6.08 Å². The van der Waals surface area contributed by atoms with E-state index in [1.807, 2.05) is 42.5 Å². The number of hydrogen-bond acceptors (Lipinski definition) is 1. The van der Waals surface area contributed by atoms with Gasteiger partial charge in [-0.3, -0.25) is 4.79 Å². The van der Waals surface area contributed by atoms with Gasteiger partial charge in [-0.25, -0.2) is 0 Å². The van der Waals surface area contributed by atoms with Crippen LogP contribution in [0.3, 0.4) is 0 Å². The van der Waals surface area contributed by atoms with Crippen LogP contribution in [0.2, 0.25) is 0 Å². The Kier molecular flexibility index (Phi) is 4.52. The first-order valence-corrected chi connectivity index (χ1v) is 5.21. The van der Waals surface area contributed by atoms with E-state index in [1.54, 1.807) is 6.92 Å². The average Bonchev–Trinajstić information content (AvgIpc) is 2.24. The highest BCUT2D eigenvalue weighted by molar-refractivity contribution is 5.73. The zero-order valence-corrected chi connectivity index (χ0v) is 9.39. The molecule has 16 heavy (non-hydrogen) atoms. The Hall–Kier alpha value is -1.83. The van der Waals surface area contributed by atoms with Gasteiger partial charge in [-0.05, 0) is 18.9 Å². The van der Waals surface area contributed by atoms with Crippen molar-refractivity contribution < 1.29 is 9.90 Å². The molecular formula is C14H16O2. The van der Waals surface area contributed by atoms with Crippen LogP contribution in [-0.4, -0.2) is 11.1 Å².